The van der Waals surface area contributed by atoms with E-state index < -0.39 is 17.5 Å². The molecule has 9 heteroatoms. The Labute approximate surface area is 208 Å². The zero-order chi connectivity index (χ0) is 24.4. The highest BCUT2D eigenvalue weighted by Crippen LogP contribution is 2.37. The van der Waals surface area contributed by atoms with E-state index in [1.165, 1.54) is 12.1 Å². The molecule has 6 nitrogen and oxygen atoms in total. The van der Waals surface area contributed by atoms with Crippen molar-refractivity contribution in [1.82, 2.24) is 20.6 Å². The van der Waals surface area contributed by atoms with E-state index in [1.807, 2.05) is 18.2 Å². The second-order valence-electron chi connectivity index (χ2n) is 9.19. The zero-order valence-corrected chi connectivity index (χ0v) is 20.0. The Morgan fingerprint density at radius 1 is 1.23 bits per heavy atom. The van der Waals surface area contributed by atoms with Crippen LogP contribution in [0, 0.1) is 5.82 Å². The number of hydrogen-bond acceptors (Lipinski definition) is 6. The molecular formula is C26H28ClF2N5O. The quantitative estimate of drug-likeness (QED) is 0.424. The van der Waals surface area contributed by atoms with Crippen LogP contribution < -0.4 is 16.0 Å². The Morgan fingerprint density at radius 3 is 2.80 bits per heavy atom. The first-order valence-electron chi connectivity index (χ1n) is 11.8. The molecule has 184 valence electrons. The van der Waals surface area contributed by atoms with Crippen molar-refractivity contribution in [1.29, 1.82) is 0 Å². The summed E-state index contributed by atoms with van der Waals surface area (Å²) in [5, 5.41) is 10.6. The summed E-state index contributed by atoms with van der Waals surface area (Å²) in [7, 11) is 0. The fourth-order valence-electron chi connectivity index (χ4n) is 4.69. The minimum Gasteiger partial charge on any atom is -0.381 e. The molecule has 3 aromatic rings. The standard InChI is InChI=1S/C26H28ClF2N5O/c1-16(32-24(26(29)8-9-30-15-26)18-4-5-22(28)21(27)12-18)17-2-3-19-14-31-25(34-23(19)13-17)33-20-6-10-35-11-7-20/h2-5,12-14,20,24,30,32H,1,6-11,15H2,(H,31,33,34)/t24-,26+/m0/s1. The summed E-state index contributed by atoms with van der Waals surface area (Å²) >= 11 is 6.02. The topological polar surface area (TPSA) is 71.1 Å². The normalized spacial score (nSPS) is 21.7. The van der Waals surface area contributed by atoms with Gasteiger partial charge < -0.3 is 20.7 Å². The fraction of sp³-hybridized carbons (Fsp3) is 0.385. The maximum Gasteiger partial charge on any atom is 0.223 e. The first-order valence-corrected chi connectivity index (χ1v) is 12.2. The van der Waals surface area contributed by atoms with Crippen LogP contribution in [0.1, 0.15) is 36.4 Å². The Kier molecular flexibility index (Phi) is 6.86. The van der Waals surface area contributed by atoms with Gasteiger partial charge in [-0.05, 0) is 55.1 Å². The van der Waals surface area contributed by atoms with Crippen molar-refractivity contribution < 1.29 is 13.5 Å². The lowest BCUT2D eigenvalue weighted by Crippen LogP contribution is -2.41. The molecule has 0 saturated carbocycles. The number of benzene rings is 2. The minimum atomic E-state index is -1.58. The maximum absolute atomic E-state index is 16.0. The molecule has 1 aromatic heterocycles. The van der Waals surface area contributed by atoms with Gasteiger partial charge in [-0.2, -0.15) is 0 Å². The Balaban J connectivity index is 1.40. The number of fused-ring (bicyclic) bond motifs is 1. The zero-order valence-electron chi connectivity index (χ0n) is 19.3. The lowest BCUT2D eigenvalue weighted by atomic mass is 9.88. The van der Waals surface area contributed by atoms with Gasteiger partial charge in [-0.1, -0.05) is 36.4 Å². The second kappa shape index (κ2) is 10.0. The maximum atomic E-state index is 16.0. The van der Waals surface area contributed by atoms with Crippen LogP contribution in [0.4, 0.5) is 14.7 Å². The summed E-state index contributed by atoms with van der Waals surface area (Å²) < 4.78 is 35.2. The Bertz CT molecular complexity index is 1230. The van der Waals surface area contributed by atoms with Gasteiger partial charge in [-0.3, -0.25) is 0 Å². The van der Waals surface area contributed by atoms with Gasteiger partial charge in [0.05, 0.1) is 16.6 Å². The van der Waals surface area contributed by atoms with E-state index in [0.29, 0.717) is 30.2 Å². The Hall–Kier alpha value is -2.81. The number of aromatic nitrogens is 2. The van der Waals surface area contributed by atoms with Crippen molar-refractivity contribution >= 4 is 34.1 Å². The largest absolute Gasteiger partial charge is 0.381 e. The summed E-state index contributed by atoms with van der Waals surface area (Å²) in [5.41, 5.74) is 1.06. The van der Waals surface area contributed by atoms with Crippen LogP contribution in [0.2, 0.25) is 5.02 Å². The van der Waals surface area contributed by atoms with Gasteiger partial charge in [0.1, 0.15) is 11.5 Å². The van der Waals surface area contributed by atoms with Gasteiger partial charge in [0.25, 0.3) is 0 Å². The first kappa shape index (κ1) is 23.9. The van der Waals surface area contributed by atoms with Gasteiger partial charge in [0.15, 0.2) is 0 Å². The van der Waals surface area contributed by atoms with Crippen LogP contribution in [-0.2, 0) is 4.74 Å². The molecule has 35 heavy (non-hydrogen) atoms. The molecule has 0 radical (unpaired) electrons. The molecule has 2 aliphatic rings. The summed E-state index contributed by atoms with van der Waals surface area (Å²) in [6.07, 6.45) is 3.93. The average molecular weight is 500 g/mol. The lowest BCUT2D eigenvalue weighted by Gasteiger charge is -2.32. The highest BCUT2D eigenvalue weighted by atomic mass is 35.5. The molecule has 2 aromatic carbocycles. The number of anilines is 1. The molecule has 0 aliphatic carbocycles. The molecule has 0 unspecified atom stereocenters. The van der Waals surface area contributed by atoms with Crippen LogP contribution in [-0.4, -0.2) is 48.0 Å². The van der Waals surface area contributed by atoms with Gasteiger partial charge in [-0.25, -0.2) is 18.7 Å². The third kappa shape index (κ3) is 5.24. The van der Waals surface area contributed by atoms with Crippen molar-refractivity contribution in [2.24, 2.45) is 0 Å². The van der Waals surface area contributed by atoms with Crippen molar-refractivity contribution in [2.75, 3.05) is 31.6 Å². The fourth-order valence-corrected chi connectivity index (χ4v) is 4.88. The second-order valence-corrected chi connectivity index (χ2v) is 9.60. The predicted octanol–water partition coefficient (Wildman–Crippen LogP) is 5.02. The molecular weight excluding hydrogens is 472 g/mol. The number of nitrogens with zero attached hydrogens (tertiary/aromatic N) is 2. The van der Waals surface area contributed by atoms with Crippen molar-refractivity contribution in [3.05, 3.63) is 71.1 Å². The van der Waals surface area contributed by atoms with Gasteiger partial charge in [-0.15, -0.1) is 0 Å². The van der Waals surface area contributed by atoms with E-state index in [9.17, 15) is 4.39 Å². The van der Waals surface area contributed by atoms with Crippen LogP contribution >= 0.6 is 11.6 Å². The van der Waals surface area contributed by atoms with E-state index in [1.54, 1.807) is 12.3 Å². The smallest absolute Gasteiger partial charge is 0.223 e. The number of alkyl halides is 1. The average Bonchev–Trinajstić information content (AvgIpc) is 3.31. The molecule has 5 rings (SSSR count). The van der Waals surface area contributed by atoms with E-state index >= 15 is 4.39 Å². The number of rotatable bonds is 7. The number of hydrogen-bond donors (Lipinski definition) is 3. The molecule has 0 spiro atoms. The van der Waals surface area contributed by atoms with Gasteiger partial charge >= 0.3 is 0 Å². The molecule has 2 fully saturated rings. The molecule has 3 N–H and O–H groups in total. The molecule has 2 aliphatic heterocycles. The van der Waals surface area contributed by atoms with E-state index in [-0.39, 0.29) is 17.6 Å². The van der Waals surface area contributed by atoms with Crippen LogP contribution in [0.3, 0.4) is 0 Å². The van der Waals surface area contributed by atoms with Crippen molar-refractivity contribution in [3.63, 3.8) is 0 Å². The monoisotopic (exact) mass is 499 g/mol. The summed E-state index contributed by atoms with van der Waals surface area (Å²) in [5.74, 6) is 0.0310. The highest BCUT2D eigenvalue weighted by molar-refractivity contribution is 6.30. The van der Waals surface area contributed by atoms with Gasteiger partial charge in [0.2, 0.25) is 5.95 Å². The van der Waals surface area contributed by atoms with Crippen molar-refractivity contribution in [2.45, 2.75) is 37.0 Å². The van der Waals surface area contributed by atoms with E-state index in [2.05, 4.69) is 32.5 Å². The molecule has 0 bridgehead atoms. The highest BCUT2D eigenvalue weighted by Gasteiger charge is 2.43. The molecule has 2 atom stereocenters. The lowest BCUT2D eigenvalue weighted by molar-refractivity contribution is 0.0903. The minimum absolute atomic E-state index is 0.0403. The van der Waals surface area contributed by atoms with Gasteiger partial charge in [0, 0.05) is 43.1 Å². The molecule has 2 saturated heterocycles. The molecule has 0 amide bonds. The van der Waals surface area contributed by atoms with E-state index in [0.717, 1.165) is 42.5 Å². The number of halogens is 3. The first-order chi connectivity index (χ1) is 16.9. The third-order valence-corrected chi connectivity index (χ3v) is 7.02. The van der Waals surface area contributed by atoms with Crippen LogP contribution in [0.5, 0.6) is 0 Å². The predicted molar refractivity (Wildman–Crippen MR) is 135 cm³/mol. The SMILES string of the molecule is C=C(N[C@@H](c1ccc(F)c(Cl)c1)[C@@]1(F)CCNC1)c1ccc2cnc(NC3CCOCC3)nc2c1. The summed E-state index contributed by atoms with van der Waals surface area (Å²) in [6.45, 7) is 6.38. The van der Waals surface area contributed by atoms with Crippen LogP contribution in [0.15, 0.2) is 49.2 Å². The summed E-state index contributed by atoms with van der Waals surface area (Å²) in [6, 6.07) is 9.56. The number of ether oxygens (including phenoxy) is 1. The van der Waals surface area contributed by atoms with Crippen molar-refractivity contribution in [3.8, 4) is 0 Å². The molecule has 3 heterocycles. The Morgan fingerprint density at radius 2 is 2.06 bits per heavy atom. The number of nitrogens with one attached hydrogen (secondary N) is 3. The third-order valence-electron chi connectivity index (χ3n) is 6.73. The summed E-state index contributed by atoms with van der Waals surface area (Å²) in [4.78, 5) is 9.13. The van der Waals surface area contributed by atoms with Crippen LogP contribution in [0.25, 0.3) is 16.6 Å². The van der Waals surface area contributed by atoms with E-state index in [4.69, 9.17) is 16.3 Å².